The Labute approximate surface area is 116 Å². The lowest BCUT2D eigenvalue weighted by Crippen LogP contribution is -2.30. The molecule has 108 valence electrons. The lowest BCUT2D eigenvalue weighted by Gasteiger charge is -2.10. The number of aromatic carboxylic acids is 1. The molecule has 7 heteroatoms. The van der Waals surface area contributed by atoms with Gasteiger partial charge in [0.05, 0.1) is 11.3 Å². The number of hydrogen-bond acceptors (Lipinski definition) is 3. The van der Waals surface area contributed by atoms with Crippen molar-refractivity contribution in [1.29, 1.82) is 0 Å². The molecule has 0 radical (unpaired) electrons. The summed E-state index contributed by atoms with van der Waals surface area (Å²) in [6, 6.07) is 4.18. The number of primary amides is 1. The molecule has 20 heavy (non-hydrogen) atoms. The molecule has 5 N–H and O–H groups in total. The molecule has 0 spiro atoms. The van der Waals surface area contributed by atoms with Gasteiger partial charge in [-0.3, -0.25) is 4.79 Å². The van der Waals surface area contributed by atoms with Crippen LogP contribution in [-0.4, -0.2) is 29.6 Å². The Morgan fingerprint density at radius 3 is 2.60 bits per heavy atom. The number of nitrogens with one attached hydrogen (secondary N) is 2. The first kappa shape index (κ1) is 15.5. The number of carbonyl (C=O) groups excluding carboxylic acids is 2. The summed E-state index contributed by atoms with van der Waals surface area (Å²) in [6.45, 7) is 2.04. The quantitative estimate of drug-likeness (QED) is 0.582. The number of anilines is 1. The van der Waals surface area contributed by atoms with E-state index in [1.54, 1.807) is 13.0 Å². The zero-order valence-electron chi connectivity index (χ0n) is 11.1. The van der Waals surface area contributed by atoms with Crippen molar-refractivity contribution in [1.82, 2.24) is 5.32 Å². The molecule has 3 amide bonds. The van der Waals surface area contributed by atoms with Crippen molar-refractivity contribution in [2.24, 2.45) is 5.73 Å². The van der Waals surface area contributed by atoms with Gasteiger partial charge in [0.15, 0.2) is 0 Å². The molecular formula is C13H17N3O4. The average molecular weight is 279 g/mol. The van der Waals surface area contributed by atoms with Gasteiger partial charge in [-0.05, 0) is 25.5 Å². The standard InChI is InChI=1S/C13H17N3O4/c1-8-4-5-10(9(7-8)12(18)19)16-13(20)15-6-2-3-11(14)17/h4-5,7H,2-3,6H2,1H3,(H2,14,17)(H,18,19)(H2,15,16,20). The topological polar surface area (TPSA) is 122 Å². The van der Waals surface area contributed by atoms with Crippen molar-refractivity contribution in [2.45, 2.75) is 19.8 Å². The second kappa shape index (κ2) is 7.13. The number of carbonyl (C=O) groups is 3. The number of aryl methyl sites for hydroxylation is 1. The summed E-state index contributed by atoms with van der Waals surface area (Å²) in [5, 5.41) is 14.0. The van der Waals surface area contributed by atoms with Gasteiger partial charge < -0.3 is 21.5 Å². The summed E-state index contributed by atoms with van der Waals surface area (Å²) in [4.78, 5) is 33.2. The Hall–Kier alpha value is -2.57. The van der Waals surface area contributed by atoms with E-state index in [-0.39, 0.29) is 24.2 Å². The van der Waals surface area contributed by atoms with E-state index in [1.807, 2.05) is 0 Å². The van der Waals surface area contributed by atoms with Crippen LogP contribution in [0.5, 0.6) is 0 Å². The zero-order valence-corrected chi connectivity index (χ0v) is 11.1. The molecule has 0 saturated carbocycles. The molecule has 0 atom stereocenters. The summed E-state index contributed by atoms with van der Waals surface area (Å²) in [6.07, 6.45) is 0.619. The fraction of sp³-hybridized carbons (Fsp3) is 0.308. The molecule has 0 unspecified atom stereocenters. The maximum atomic E-state index is 11.6. The van der Waals surface area contributed by atoms with Crippen LogP contribution in [0, 0.1) is 6.92 Å². The van der Waals surface area contributed by atoms with Gasteiger partial charge in [-0.25, -0.2) is 9.59 Å². The maximum Gasteiger partial charge on any atom is 0.337 e. The van der Waals surface area contributed by atoms with E-state index in [0.717, 1.165) is 5.56 Å². The van der Waals surface area contributed by atoms with Crippen molar-refractivity contribution < 1.29 is 19.5 Å². The lowest BCUT2D eigenvalue weighted by atomic mass is 10.1. The van der Waals surface area contributed by atoms with Crippen LogP contribution in [0.4, 0.5) is 10.5 Å². The van der Waals surface area contributed by atoms with Gasteiger partial charge in [0.2, 0.25) is 5.91 Å². The average Bonchev–Trinajstić information content (AvgIpc) is 2.36. The van der Waals surface area contributed by atoms with Gasteiger partial charge in [0.25, 0.3) is 0 Å². The summed E-state index contributed by atoms with van der Waals surface area (Å²) < 4.78 is 0. The van der Waals surface area contributed by atoms with E-state index in [9.17, 15) is 14.4 Å². The fourth-order valence-electron chi connectivity index (χ4n) is 1.58. The molecule has 7 nitrogen and oxygen atoms in total. The van der Waals surface area contributed by atoms with Gasteiger partial charge in [0.1, 0.15) is 0 Å². The molecule has 0 fully saturated rings. The molecule has 1 aromatic rings. The Kier molecular flexibility index (Phi) is 5.52. The van der Waals surface area contributed by atoms with Gasteiger partial charge in [-0.15, -0.1) is 0 Å². The molecule has 0 aliphatic carbocycles. The predicted molar refractivity (Wildman–Crippen MR) is 73.6 cm³/mol. The van der Waals surface area contributed by atoms with Crippen LogP contribution < -0.4 is 16.4 Å². The first-order valence-electron chi connectivity index (χ1n) is 6.07. The second-order valence-corrected chi connectivity index (χ2v) is 4.30. The molecule has 1 rings (SSSR count). The largest absolute Gasteiger partial charge is 0.478 e. The first-order valence-corrected chi connectivity index (χ1v) is 6.07. The Balaban J connectivity index is 2.57. The monoisotopic (exact) mass is 279 g/mol. The lowest BCUT2D eigenvalue weighted by molar-refractivity contribution is -0.118. The summed E-state index contributed by atoms with van der Waals surface area (Å²) in [5.41, 5.74) is 6.00. The van der Waals surface area contributed by atoms with Crippen LogP contribution in [0.1, 0.15) is 28.8 Å². The minimum absolute atomic E-state index is 0.0253. The third-order valence-electron chi connectivity index (χ3n) is 2.54. The third kappa shape index (κ3) is 4.97. The van der Waals surface area contributed by atoms with Gasteiger partial charge in [-0.1, -0.05) is 11.6 Å². The van der Waals surface area contributed by atoms with Crippen LogP contribution >= 0.6 is 0 Å². The normalized spacial score (nSPS) is 9.85. The minimum Gasteiger partial charge on any atom is -0.478 e. The van der Waals surface area contributed by atoms with Crippen LogP contribution in [0.3, 0.4) is 0 Å². The molecule has 0 saturated heterocycles. The highest BCUT2D eigenvalue weighted by Gasteiger charge is 2.12. The molecule has 0 heterocycles. The first-order chi connectivity index (χ1) is 9.40. The Bertz CT molecular complexity index is 528. The Morgan fingerprint density at radius 1 is 1.30 bits per heavy atom. The van der Waals surface area contributed by atoms with Gasteiger partial charge >= 0.3 is 12.0 Å². The van der Waals surface area contributed by atoms with Gasteiger partial charge in [0, 0.05) is 13.0 Å². The number of hydrogen-bond donors (Lipinski definition) is 4. The smallest absolute Gasteiger partial charge is 0.337 e. The number of urea groups is 1. The highest BCUT2D eigenvalue weighted by molar-refractivity contribution is 6.00. The van der Waals surface area contributed by atoms with Crippen LogP contribution in [-0.2, 0) is 4.79 Å². The number of benzene rings is 1. The number of nitrogens with two attached hydrogens (primary N) is 1. The number of carboxylic acids is 1. The molecule has 0 aromatic heterocycles. The molecule has 0 aliphatic rings. The molecular weight excluding hydrogens is 262 g/mol. The van der Waals surface area contributed by atoms with E-state index in [2.05, 4.69) is 10.6 Å². The predicted octanol–water partition coefficient (Wildman–Crippen LogP) is 1.08. The molecule has 1 aromatic carbocycles. The van der Waals surface area contributed by atoms with E-state index in [4.69, 9.17) is 10.8 Å². The minimum atomic E-state index is -1.11. The maximum absolute atomic E-state index is 11.6. The van der Waals surface area contributed by atoms with Crippen molar-refractivity contribution in [3.8, 4) is 0 Å². The van der Waals surface area contributed by atoms with Crippen molar-refractivity contribution in [3.05, 3.63) is 29.3 Å². The van der Waals surface area contributed by atoms with E-state index in [1.165, 1.54) is 12.1 Å². The van der Waals surface area contributed by atoms with Crippen LogP contribution in [0.2, 0.25) is 0 Å². The summed E-state index contributed by atoms with van der Waals surface area (Å²) in [7, 11) is 0. The Morgan fingerprint density at radius 2 is 2.00 bits per heavy atom. The van der Waals surface area contributed by atoms with Crippen molar-refractivity contribution in [2.75, 3.05) is 11.9 Å². The van der Waals surface area contributed by atoms with E-state index in [0.29, 0.717) is 6.42 Å². The van der Waals surface area contributed by atoms with Gasteiger partial charge in [-0.2, -0.15) is 0 Å². The number of rotatable bonds is 6. The summed E-state index contributed by atoms with van der Waals surface area (Å²) in [5.74, 6) is -1.54. The van der Waals surface area contributed by atoms with E-state index >= 15 is 0 Å². The fourth-order valence-corrected chi connectivity index (χ4v) is 1.58. The molecule has 0 bridgehead atoms. The zero-order chi connectivity index (χ0) is 15.1. The van der Waals surface area contributed by atoms with Crippen LogP contribution in [0.25, 0.3) is 0 Å². The highest BCUT2D eigenvalue weighted by Crippen LogP contribution is 2.17. The van der Waals surface area contributed by atoms with Crippen LogP contribution in [0.15, 0.2) is 18.2 Å². The SMILES string of the molecule is Cc1ccc(NC(=O)NCCCC(N)=O)c(C(=O)O)c1. The highest BCUT2D eigenvalue weighted by atomic mass is 16.4. The molecule has 0 aliphatic heterocycles. The third-order valence-corrected chi connectivity index (χ3v) is 2.54. The van der Waals surface area contributed by atoms with Crippen molar-refractivity contribution in [3.63, 3.8) is 0 Å². The second-order valence-electron chi connectivity index (χ2n) is 4.30. The van der Waals surface area contributed by atoms with Crippen molar-refractivity contribution >= 4 is 23.6 Å². The number of amides is 3. The van der Waals surface area contributed by atoms with E-state index < -0.39 is 17.9 Å². The summed E-state index contributed by atoms with van der Waals surface area (Å²) >= 11 is 0. The number of carboxylic acid groups (broad SMARTS) is 1.